The van der Waals surface area contributed by atoms with Gasteiger partial charge < -0.3 is 11.1 Å². The van der Waals surface area contributed by atoms with E-state index in [4.69, 9.17) is 22.6 Å². The minimum atomic E-state index is -4.56. The van der Waals surface area contributed by atoms with Gasteiger partial charge in [-0.15, -0.1) is 0 Å². The second-order valence-electron chi connectivity index (χ2n) is 4.19. The summed E-state index contributed by atoms with van der Waals surface area (Å²) in [5, 5.41) is 11.4. The second-order valence-corrected chi connectivity index (χ2v) is 4.63. The molecule has 2 aromatic rings. The molecule has 2 aromatic carbocycles. The summed E-state index contributed by atoms with van der Waals surface area (Å²) in [7, 11) is 0. The third kappa shape index (κ3) is 3.20. The van der Waals surface area contributed by atoms with Crippen molar-refractivity contribution in [2.45, 2.75) is 6.18 Å². The Morgan fingerprint density at radius 1 is 1.14 bits per heavy atom. The molecule has 0 bridgehead atoms. The van der Waals surface area contributed by atoms with Crippen molar-refractivity contribution in [3.05, 3.63) is 52.5 Å². The van der Waals surface area contributed by atoms with Gasteiger partial charge in [-0.05, 0) is 30.3 Å². The number of nitriles is 1. The molecular weight excluding hydrogens is 303 g/mol. The zero-order valence-electron chi connectivity index (χ0n) is 10.5. The van der Waals surface area contributed by atoms with Crippen LogP contribution in [0.5, 0.6) is 0 Å². The van der Waals surface area contributed by atoms with Gasteiger partial charge in [0.25, 0.3) is 0 Å². The molecule has 0 aliphatic heterocycles. The lowest BCUT2D eigenvalue weighted by atomic mass is 10.1. The van der Waals surface area contributed by atoms with E-state index in [0.717, 1.165) is 6.07 Å². The molecule has 0 radical (unpaired) electrons. The zero-order valence-corrected chi connectivity index (χ0v) is 11.3. The van der Waals surface area contributed by atoms with Gasteiger partial charge in [-0.25, -0.2) is 0 Å². The van der Waals surface area contributed by atoms with Crippen molar-refractivity contribution >= 4 is 28.7 Å². The summed E-state index contributed by atoms with van der Waals surface area (Å²) in [6.07, 6.45) is -4.56. The predicted molar refractivity (Wildman–Crippen MR) is 75.3 cm³/mol. The van der Waals surface area contributed by atoms with Crippen LogP contribution >= 0.6 is 11.6 Å². The maximum Gasteiger partial charge on any atom is 0.418 e. The number of rotatable bonds is 2. The lowest BCUT2D eigenvalue weighted by Crippen LogP contribution is -2.09. The van der Waals surface area contributed by atoms with Gasteiger partial charge in [0.1, 0.15) is 6.07 Å². The van der Waals surface area contributed by atoms with Crippen LogP contribution in [0.15, 0.2) is 36.4 Å². The fraction of sp³-hybridized carbons (Fsp3) is 0.0714. The van der Waals surface area contributed by atoms with Gasteiger partial charge in [-0.1, -0.05) is 17.7 Å². The van der Waals surface area contributed by atoms with E-state index in [0.29, 0.717) is 0 Å². The van der Waals surface area contributed by atoms with Crippen LogP contribution in [-0.2, 0) is 6.18 Å². The smallest absolute Gasteiger partial charge is 0.396 e. The van der Waals surface area contributed by atoms with Crippen LogP contribution in [0.2, 0.25) is 5.02 Å². The number of anilines is 3. The van der Waals surface area contributed by atoms with Crippen molar-refractivity contribution in [2.75, 3.05) is 11.1 Å². The van der Waals surface area contributed by atoms with Crippen LogP contribution in [0.1, 0.15) is 11.1 Å². The lowest BCUT2D eigenvalue weighted by Gasteiger charge is -2.16. The molecule has 7 heteroatoms. The summed E-state index contributed by atoms with van der Waals surface area (Å²) >= 11 is 5.61. The highest BCUT2D eigenvalue weighted by atomic mass is 35.5. The Bertz CT molecular complexity index is 720. The molecule has 0 unspecified atom stereocenters. The Morgan fingerprint density at radius 3 is 2.48 bits per heavy atom. The minimum Gasteiger partial charge on any atom is -0.396 e. The molecule has 0 aliphatic carbocycles. The molecule has 3 N–H and O–H groups in total. The number of nitrogens with one attached hydrogen (secondary N) is 1. The monoisotopic (exact) mass is 311 g/mol. The topological polar surface area (TPSA) is 61.8 Å². The molecule has 0 aromatic heterocycles. The van der Waals surface area contributed by atoms with Crippen LogP contribution in [0.25, 0.3) is 0 Å². The average Bonchev–Trinajstić information content (AvgIpc) is 2.42. The first-order chi connectivity index (χ1) is 9.82. The normalized spacial score (nSPS) is 11.0. The standard InChI is InChI=1S/C14H9ClF3N3/c15-9-4-5-11(10(6-9)14(16,17)18)21-12-3-1-2-8(7-19)13(12)20/h1-6,21H,20H2. The molecule has 3 nitrogen and oxygen atoms in total. The van der Waals surface area contributed by atoms with Gasteiger partial charge in [0, 0.05) is 5.02 Å². The Hall–Kier alpha value is -2.39. The van der Waals surface area contributed by atoms with E-state index in [9.17, 15) is 13.2 Å². The largest absolute Gasteiger partial charge is 0.418 e. The number of alkyl halides is 3. The molecule has 108 valence electrons. The molecule has 21 heavy (non-hydrogen) atoms. The average molecular weight is 312 g/mol. The number of hydrogen-bond acceptors (Lipinski definition) is 3. The summed E-state index contributed by atoms with van der Waals surface area (Å²) in [5.74, 6) is 0. The van der Waals surface area contributed by atoms with Gasteiger partial charge in [0.15, 0.2) is 0 Å². The first-order valence-corrected chi connectivity index (χ1v) is 6.13. The highest BCUT2D eigenvalue weighted by molar-refractivity contribution is 6.30. The second kappa shape index (κ2) is 5.54. The molecule has 2 rings (SSSR count). The van der Waals surface area contributed by atoms with E-state index in [1.807, 2.05) is 6.07 Å². The number of benzene rings is 2. The molecule has 0 aliphatic rings. The van der Waals surface area contributed by atoms with Crippen molar-refractivity contribution in [3.8, 4) is 6.07 Å². The van der Waals surface area contributed by atoms with Crippen LogP contribution < -0.4 is 11.1 Å². The Morgan fingerprint density at radius 2 is 1.86 bits per heavy atom. The van der Waals surface area contributed by atoms with E-state index in [1.54, 1.807) is 0 Å². The van der Waals surface area contributed by atoms with Crippen molar-refractivity contribution in [1.29, 1.82) is 5.26 Å². The maximum atomic E-state index is 13.0. The lowest BCUT2D eigenvalue weighted by molar-refractivity contribution is -0.136. The molecule has 0 amide bonds. The third-order valence-corrected chi connectivity index (χ3v) is 3.02. The molecule has 0 saturated heterocycles. The molecule has 0 heterocycles. The Labute approximate surface area is 123 Å². The Balaban J connectivity index is 2.48. The minimum absolute atomic E-state index is 0.0216. The summed E-state index contributed by atoms with van der Waals surface area (Å²) in [6.45, 7) is 0. The molecule has 0 spiro atoms. The van der Waals surface area contributed by atoms with E-state index in [-0.39, 0.29) is 27.6 Å². The van der Waals surface area contributed by atoms with Crippen molar-refractivity contribution in [2.24, 2.45) is 0 Å². The number of hydrogen-bond donors (Lipinski definition) is 2. The van der Waals surface area contributed by atoms with E-state index in [2.05, 4.69) is 5.32 Å². The quantitative estimate of drug-likeness (QED) is 0.799. The van der Waals surface area contributed by atoms with Crippen LogP contribution in [-0.4, -0.2) is 0 Å². The number of nitrogens with two attached hydrogens (primary N) is 1. The Kier molecular flexibility index (Phi) is 3.96. The molecule has 0 atom stereocenters. The predicted octanol–water partition coefficient (Wildman–Crippen LogP) is 4.56. The van der Waals surface area contributed by atoms with E-state index in [1.165, 1.54) is 30.3 Å². The van der Waals surface area contributed by atoms with Gasteiger partial charge in [0.2, 0.25) is 0 Å². The van der Waals surface area contributed by atoms with Crippen LogP contribution in [0, 0.1) is 11.3 Å². The first-order valence-electron chi connectivity index (χ1n) is 5.75. The molecule has 0 fully saturated rings. The fourth-order valence-electron chi connectivity index (χ4n) is 1.78. The van der Waals surface area contributed by atoms with Crippen molar-refractivity contribution in [1.82, 2.24) is 0 Å². The summed E-state index contributed by atoms with van der Waals surface area (Å²) in [4.78, 5) is 0. The first kappa shape index (κ1) is 15.0. The van der Waals surface area contributed by atoms with Gasteiger partial charge in [-0.2, -0.15) is 18.4 Å². The molecular formula is C14H9ClF3N3. The zero-order chi connectivity index (χ0) is 15.6. The summed E-state index contributed by atoms with van der Waals surface area (Å²) < 4.78 is 39.0. The number of nitrogens with zero attached hydrogens (tertiary/aromatic N) is 1. The summed E-state index contributed by atoms with van der Waals surface area (Å²) in [6, 6.07) is 9.74. The fourth-order valence-corrected chi connectivity index (χ4v) is 1.95. The maximum absolute atomic E-state index is 13.0. The van der Waals surface area contributed by atoms with Gasteiger partial charge in [0.05, 0.1) is 28.2 Å². The summed E-state index contributed by atoms with van der Waals surface area (Å²) in [5.41, 5.74) is 5.14. The van der Waals surface area contributed by atoms with Crippen molar-refractivity contribution < 1.29 is 13.2 Å². The van der Waals surface area contributed by atoms with Crippen molar-refractivity contribution in [3.63, 3.8) is 0 Å². The molecule has 0 saturated carbocycles. The van der Waals surface area contributed by atoms with Gasteiger partial charge in [-0.3, -0.25) is 0 Å². The van der Waals surface area contributed by atoms with Gasteiger partial charge >= 0.3 is 6.18 Å². The van der Waals surface area contributed by atoms with E-state index < -0.39 is 11.7 Å². The van der Waals surface area contributed by atoms with E-state index >= 15 is 0 Å². The number of para-hydroxylation sites is 1. The highest BCUT2D eigenvalue weighted by Gasteiger charge is 2.34. The number of halogens is 4. The SMILES string of the molecule is N#Cc1cccc(Nc2ccc(Cl)cc2C(F)(F)F)c1N. The third-order valence-electron chi connectivity index (χ3n) is 2.78. The van der Waals surface area contributed by atoms with Crippen LogP contribution in [0.4, 0.5) is 30.2 Å². The van der Waals surface area contributed by atoms with Crippen LogP contribution in [0.3, 0.4) is 0 Å². The number of nitrogen functional groups attached to an aromatic ring is 1. The highest BCUT2D eigenvalue weighted by Crippen LogP contribution is 2.38.